The number of benzene rings is 9. The molecule has 55 heavy (non-hydrogen) atoms. The number of hydrogen-bond acceptors (Lipinski definition) is 3. The molecule has 3 heteroatoms. The van der Waals surface area contributed by atoms with Crippen molar-refractivity contribution in [1.82, 2.24) is 0 Å². The molecule has 0 saturated heterocycles. The number of hydrogen-bond donors (Lipinski definition) is 0. The van der Waals surface area contributed by atoms with E-state index < -0.39 is 0 Å². The summed E-state index contributed by atoms with van der Waals surface area (Å²) in [5.41, 5.74) is 12.0. The van der Waals surface area contributed by atoms with E-state index in [2.05, 4.69) is 199 Å². The van der Waals surface area contributed by atoms with Crippen molar-refractivity contribution in [2.24, 2.45) is 0 Å². The smallest absolute Gasteiger partial charge is 0.159 e. The summed E-state index contributed by atoms with van der Waals surface area (Å²) in [6.07, 6.45) is 0. The SMILES string of the molecule is c1cc(-c2ccc(-c3cccc4ccccc34)cc2)cc(N(c2ccccc2-c2ccc3c(c2)sc2ccccc23)c2cccc3c2oc2ccccc23)c1. The lowest BCUT2D eigenvalue weighted by atomic mass is 9.96. The van der Waals surface area contributed by atoms with Gasteiger partial charge in [0.15, 0.2) is 5.58 Å². The minimum absolute atomic E-state index is 0.864. The first-order valence-electron chi connectivity index (χ1n) is 18.7. The van der Waals surface area contributed by atoms with Crippen LogP contribution in [0, 0.1) is 0 Å². The molecule has 0 spiro atoms. The molecular formula is C52H33NOS. The summed E-state index contributed by atoms with van der Waals surface area (Å²) in [4.78, 5) is 2.38. The van der Waals surface area contributed by atoms with E-state index in [4.69, 9.17) is 4.42 Å². The highest BCUT2D eigenvalue weighted by atomic mass is 32.1. The fourth-order valence-electron chi connectivity index (χ4n) is 8.27. The number of nitrogens with zero attached hydrogens (tertiary/aromatic N) is 1. The number of thiophene rings is 1. The van der Waals surface area contributed by atoms with Crippen LogP contribution in [-0.2, 0) is 0 Å². The largest absolute Gasteiger partial charge is 0.454 e. The third-order valence-corrected chi connectivity index (χ3v) is 12.0. The first kappa shape index (κ1) is 31.6. The molecule has 0 unspecified atom stereocenters. The van der Waals surface area contributed by atoms with Gasteiger partial charge in [-0.25, -0.2) is 0 Å². The maximum atomic E-state index is 6.71. The summed E-state index contributed by atoms with van der Waals surface area (Å²) in [5.74, 6) is 0. The molecule has 258 valence electrons. The van der Waals surface area contributed by atoms with Gasteiger partial charge in [0, 0.05) is 42.2 Å². The predicted molar refractivity (Wildman–Crippen MR) is 235 cm³/mol. The Labute approximate surface area is 322 Å². The quantitative estimate of drug-likeness (QED) is 0.170. The first-order valence-corrected chi connectivity index (χ1v) is 19.5. The van der Waals surface area contributed by atoms with Gasteiger partial charge in [-0.15, -0.1) is 11.3 Å². The second kappa shape index (κ2) is 12.9. The van der Waals surface area contributed by atoms with Crippen LogP contribution in [0.3, 0.4) is 0 Å². The number of furan rings is 1. The Morgan fingerprint density at radius 2 is 1.00 bits per heavy atom. The third kappa shape index (κ3) is 5.32. The average Bonchev–Trinajstić information content (AvgIpc) is 3.83. The molecule has 2 nitrogen and oxygen atoms in total. The van der Waals surface area contributed by atoms with Crippen molar-refractivity contribution >= 4 is 81.3 Å². The molecular weight excluding hydrogens is 687 g/mol. The van der Waals surface area contributed by atoms with E-state index >= 15 is 0 Å². The lowest BCUT2D eigenvalue weighted by Crippen LogP contribution is -2.11. The standard InChI is InChI=1S/C52H33NOS/c1-2-16-40-35(12-1)13-10-20-41(40)36-28-26-34(27-29-36)37-14-9-15-39(32-37)53(48-23-11-21-46-43-18-4-7-24-49(43)54-52(46)48)47-22-6-3-17-42(47)38-30-31-45-44-19-5-8-25-50(44)55-51(45)33-38/h1-33H. The second-order valence-electron chi connectivity index (χ2n) is 14.1. The molecule has 2 aromatic heterocycles. The van der Waals surface area contributed by atoms with Crippen LogP contribution in [0.15, 0.2) is 205 Å². The topological polar surface area (TPSA) is 16.4 Å². The van der Waals surface area contributed by atoms with Gasteiger partial charge in [-0.2, -0.15) is 0 Å². The van der Waals surface area contributed by atoms with Crippen LogP contribution in [0.25, 0.3) is 86.3 Å². The molecule has 0 aliphatic heterocycles. The summed E-state index contributed by atoms with van der Waals surface area (Å²) >= 11 is 1.85. The van der Waals surface area contributed by atoms with Crippen molar-refractivity contribution in [1.29, 1.82) is 0 Å². The fraction of sp³-hybridized carbons (Fsp3) is 0. The van der Waals surface area contributed by atoms with Gasteiger partial charge in [0.05, 0.1) is 11.4 Å². The van der Waals surface area contributed by atoms with Crippen LogP contribution in [-0.4, -0.2) is 0 Å². The number of anilines is 3. The summed E-state index contributed by atoms with van der Waals surface area (Å²) in [5, 5.41) is 7.33. The molecule has 0 amide bonds. The number of fused-ring (bicyclic) bond motifs is 7. The zero-order valence-corrected chi connectivity index (χ0v) is 30.6. The molecule has 2 heterocycles. The molecule has 11 rings (SSSR count). The first-order chi connectivity index (χ1) is 27.3. The summed E-state index contributed by atoms with van der Waals surface area (Å²) in [6.45, 7) is 0. The Balaban J connectivity index is 1.08. The van der Waals surface area contributed by atoms with E-state index in [1.54, 1.807) is 0 Å². The predicted octanol–water partition coefficient (Wildman–Crippen LogP) is 15.6. The zero-order valence-electron chi connectivity index (χ0n) is 29.8. The highest BCUT2D eigenvalue weighted by Crippen LogP contribution is 2.47. The summed E-state index contributed by atoms with van der Waals surface area (Å²) in [6, 6.07) is 72.2. The van der Waals surface area contributed by atoms with Gasteiger partial charge < -0.3 is 9.32 Å². The lowest BCUT2D eigenvalue weighted by Gasteiger charge is -2.28. The molecule has 0 fully saturated rings. The Morgan fingerprint density at radius 3 is 1.93 bits per heavy atom. The normalized spacial score (nSPS) is 11.6. The van der Waals surface area contributed by atoms with Gasteiger partial charge in [-0.1, -0.05) is 158 Å². The molecule has 9 aromatic carbocycles. The van der Waals surface area contributed by atoms with Gasteiger partial charge in [-0.3, -0.25) is 0 Å². The van der Waals surface area contributed by atoms with Crippen LogP contribution < -0.4 is 4.90 Å². The van der Waals surface area contributed by atoms with E-state index in [1.807, 2.05) is 17.4 Å². The molecule has 11 aromatic rings. The Morgan fingerprint density at radius 1 is 0.364 bits per heavy atom. The van der Waals surface area contributed by atoms with Crippen molar-refractivity contribution in [2.75, 3.05) is 4.90 Å². The van der Waals surface area contributed by atoms with Crippen LogP contribution in [0.4, 0.5) is 17.1 Å². The van der Waals surface area contributed by atoms with Crippen molar-refractivity contribution < 1.29 is 4.42 Å². The van der Waals surface area contributed by atoms with E-state index in [9.17, 15) is 0 Å². The van der Waals surface area contributed by atoms with Gasteiger partial charge in [0.1, 0.15) is 5.58 Å². The van der Waals surface area contributed by atoms with E-state index in [0.717, 1.165) is 55.7 Å². The molecule has 0 N–H and O–H groups in total. The average molecular weight is 720 g/mol. The summed E-state index contributed by atoms with van der Waals surface area (Å²) < 4.78 is 9.30. The molecule has 0 bridgehead atoms. The molecule has 0 radical (unpaired) electrons. The van der Waals surface area contributed by atoms with Gasteiger partial charge in [0.2, 0.25) is 0 Å². The Bertz CT molecular complexity index is 3220. The second-order valence-corrected chi connectivity index (χ2v) is 15.2. The van der Waals surface area contributed by atoms with Gasteiger partial charge >= 0.3 is 0 Å². The minimum Gasteiger partial charge on any atom is -0.454 e. The minimum atomic E-state index is 0.864. The van der Waals surface area contributed by atoms with E-state index in [1.165, 1.54) is 47.6 Å². The van der Waals surface area contributed by atoms with Crippen molar-refractivity contribution in [3.05, 3.63) is 200 Å². The van der Waals surface area contributed by atoms with Crippen molar-refractivity contribution in [3.63, 3.8) is 0 Å². The monoisotopic (exact) mass is 719 g/mol. The number of rotatable bonds is 6. The van der Waals surface area contributed by atoms with E-state index in [0.29, 0.717) is 0 Å². The third-order valence-electron chi connectivity index (χ3n) is 10.9. The number of para-hydroxylation sites is 3. The maximum absolute atomic E-state index is 6.71. The Hall–Kier alpha value is -6.94. The zero-order chi connectivity index (χ0) is 36.3. The van der Waals surface area contributed by atoms with Crippen LogP contribution in [0.2, 0.25) is 0 Å². The molecule has 0 aliphatic rings. The van der Waals surface area contributed by atoms with E-state index in [-0.39, 0.29) is 0 Å². The van der Waals surface area contributed by atoms with Gasteiger partial charge in [0.25, 0.3) is 0 Å². The van der Waals surface area contributed by atoms with Crippen LogP contribution in [0.5, 0.6) is 0 Å². The molecule has 0 saturated carbocycles. The van der Waals surface area contributed by atoms with Gasteiger partial charge in [-0.05, 0) is 81.1 Å². The highest BCUT2D eigenvalue weighted by molar-refractivity contribution is 7.25. The fourth-order valence-corrected chi connectivity index (χ4v) is 9.41. The van der Waals surface area contributed by atoms with Crippen LogP contribution in [0.1, 0.15) is 0 Å². The highest BCUT2D eigenvalue weighted by Gasteiger charge is 2.22. The van der Waals surface area contributed by atoms with Crippen molar-refractivity contribution in [2.45, 2.75) is 0 Å². The molecule has 0 aliphatic carbocycles. The van der Waals surface area contributed by atoms with Crippen molar-refractivity contribution in [3.8, 4) is 33.4 Å². The van der Waals surface area contributed by atoms with Crippen LogP contribution >= 0.6 is 11.3 Å². The lowest BCUT2D eigenvalue weighted by molar-refractivity contribution is 0.669. The maximum Gasteiger partial charge on any atom is 0.159 e. The summed E-state index contributed by atoms with van der Waals surface area (Å²) in [7, 11) is 0. The molecule has 0 atom stereocenters. The Kier molecular flexibility index (Phi) is 7.39.